The van der Waals surface area contributed by atoms with E-state index in [9.17, 15) is 9.18 Å². The number of carboxylic acid groups (broad SMARTS) is 1. The van der Waals surface area contributed by atoms with Gasteiger partial charge in [0, 0.05) is 21.7 Å². The number of hydrogen-bond acceptors (Lipinski definition) is 2. The molecule has 0 fully saturated rings. The predicted molar refractivity (Wildman–Crippen MR) is 79.8 cm³/mol. The number of benzene rings is 2. The Hall–Kier alpha value is -1.59. The minimum Gasteiger partial charge on any atom is -0.478 e. The molecule has 0 bridgehead atoms. The first-order valence-corrected chi connectivity index (χ1v) is 6.85. The van der Waals surface area contributed by atoms with Crippen molar-refractivity contribution in [2.75, 3.05) is 5.32 Å². The minimum atomic E-state index is -1.30. The first kappa shape index (κ1) is 14.8. The molecular weight excluding hydrogens is 349 g/mol. The molecule has 104 valence electrons. The summed E-state index contributed by atoms with van der Waals surface area (Å²) in [7, 11) is 0. The molecule has 0 atom stereocenters. The lowest BCUT2D eigenvalue weighted by Gasteiger charge is -2.09. The second-order valence-corrected chi connectivity index (χ2v) is 5.38. The number of nitrogens with one attached hydrogen (secondary N) is 1. The molecule has 0 unspecified atom stereocenters. The molecule has 2 rings (SSSR count). The van der Waals surface area contributed by atoms with Crippen molar-refractivity contribution in [3.8, 4) is 0 Å². The van der Waals surface area contributed by atoms with Crippen molar-refractivity contribution in [1.82, 2.24) is 0 Å². The molecule has 0 saturated carbocycles. The zero-order valence-electron chi connectivity index (χ0n) is 10.2. The minimum absolute atomic E-state index is 0.361. The zero-order valence-corrected chi connectivity index (χ0v) is 12.5. The summed E-state index contributed by atoms with van der Waals surface area (Å²) in [6.07, 6.45) is 0. The molecule has 0 spiro atoms. The number of halogens is 3. The Morgan fingerprint density at radius 3 is 2.75 bits per heavy atom. The van der Waals surface area contributed by atoms with E-state index < -0.39 is 11.8 Å². The molecule has 0 aromatic heterocycles. The molecule has 0 aliphatic carbocycles. The Morgan fingerprint density at radius 2 is 2.05 bits per heavy atom. The Morgan fingerprint density at radius 1 is 1.30 bits per heavy atom. The average Bonchev–Trinajstić information content (AvgIpc) is 2.41. The van der Waals surface area contributed by atoms with E-state index in [4.69, 9.17) is 16.7 Å². The SMILES string of the molecule is O=C(O)c1cc(NCc2cc(Cl)ccc2Br)ccc1F. The quantitative estimate of drug-likeness (QED) is 0.843. The fourth-order valence-electron chi connectivity index (χ4n) is 1.68. The van der Waals surface area contributed by atoms with Gasteiger partial charge in [0.2, 0.25) is 0 Å². The first-order valence-electron chi connectivity index (χ1n) is 5.68. The van der Waals surface area contributed by atoms with Gasteiger partial charge in [0.1, 0.15) is 5.82 Å². The van der Waals surface area contributed by atoms with Gasteiger partial charge in [-0.1, -0.05) is 27.5 Å². The largest absolute Gasteiger partial charge is 0.478 e. The third kappa shape index (κ3) is 3.49. The molecular formula is C14H10BrClFNO2. The monoisotopic (exact) mass is 357 g/mol. The van der Waals surface area contributed by atoms with Crippen LogP contribution in [0.5, 0.6) is 0 Å². The van der Waals surface area contributed by atoms with Gasteiger partial charge < -0.3 is 10.4 Å². The van der Waals surface area contributed by atoms with Crippen molar-refractivity contribution in [1.29, 1.82) is 0 Å². The standard InChI is InChI=1S/C14H10BrClFNO2/c15-12-3-1-9(16)5-8(12)7-18-10-2-4-13(17)11(6-10)14(19)20/h1-6,18H,7H2,(H,19,20). The number of rotatable bonds is 4. The van der Waals surface area contributed by atoms with Gasteiger partial charge >= 0.3 is 5.97 Å². The van der Waals surface area contributed by atoms with Gasteiger partial charge in [0.25, 0.3) is 0 Å². The summed E-state index contributed by atoms with van der Waals surface area (Å²) in [5.74, 6) is -2.05. The highest BCUT2D eigenvalue weighted by Gasteiger charge is 2.10. The van der Waals surface area contributed by atoms with Crippen LogP contribution in [0.1, 0.15) is 15.9 Å². The Labute approximate surface area is 128 Å². The molecule has 0 radical (unpaired) electrons. The van der Waals surface area contributed by atoms with Crippen molar-refractivity contribution < 1.29 is 14.3 Å². The first-order chi connectivity index (χ1) is 9.47. The maximum Gasteiger partial charge on any atom is 0.338 e. The van der Waals surface area contributed by atoms with Gasteiger partial charge in [-0.25, -0.2) is 9.18 Å². The molecule has 2 N–H and O–H groups in total. The smallest absolute Gasteiger partial charge is 0.338 e. The Kier molecular flexibility index (Phi) is 4.62. The number of carboxylic acids is 1. The maximum absolute atomic E-state index is 13.3. The molecule has 3 nitrogen and oxygen atoms in total. The summed E-state index contributed by atoms with van der Waals surface area (Å²) < 4.78 is 14.2. The van der Waals surface area contributed by atoms with E-state index in [1.165, 1.54) is 12.1 Å². The summed E-state index contributed by atoms with van der Waals surface area (Å²) >= 11 is 9.31. The molecule has 0 saturated heterocycles. The van der Waals surface area contributed by atoms with Gasteiger partial charge in [-0.05, 0) is 42.0 Å². The molecule has 2 aromatic carbocycles. The van der Waals surface area contributed by atoms with Gasteiger partial charge in [-0.2, -0.15) is 0 Å². The molecule has 0 aliphatic rings. The molecule has 0 amide bonds. The summed E-state index contributed by atoms with van der Waals surface area (Å²) in [6, 6.07) is 9.25. The average molecular weight is 359 g/mol. The van der Waals surface area contributed by atoms with Crippen LogP contribution in [0.3, 0.4) is 0 Å². The fraction of sp³-hybridized carbons (Fsp3) is 0.0714. The van der Waals surface area contributed by atoms with Crippen molar-refractivity contribution in [2.45, 2.75) is 6.54 Å². The van der Waals surface area contributed by atoms with Crippen molar-refractivity contribution in [3.05, 3.63) is 62.8 Å². The highest BCUT2D eigenvalue weighted by atomic mass is 79.9. The number of carbonyl (C=O) groups is 1. The van der Waals surface area contributed by atoms with Crippen molar-refractivity contribution in [3.63, 3.8) is 0 Å². The summed E-state index contributed by atoms with van der Waals surface area (Å²) in [4.78, 5) is 10.9. The lowest BCUT2D eigenvalue weighted by molar-refractivity contribution is 0.0692. The molecule has 6 heteroatoms. The Bertz CT molecular complexity index is 664. The molecule has 20 heavy (non-hydrogen) atoms. The van der Waals surface area contributed by atoms with Crippen LogP contribution in [-0.2, 0) is 6.54 Å². The van der Waals surface area contributed by atoms with Crippen molar-refractivity contribution in [2.24, 2.45) is 0 Å². The van der Waals surface area contributed by atoms with Crippen LogP contribution in [0.4, 0.5) is 10.1 Å². The summed E-state index contributed by atoms with van der Waals surface area (Å²) in [6.45, 7) is 0.436. The van der Waals surface area contributed by atoms with E-state index in [1.807, 2.05) is 6.07 Å². The molecule has 0 heterocycles. The van der Waals surface area contributed by atoms with Crippen molar-refractivity contribution >= 4 is 39.2 Å². The normalized spacial score (nSPS) is 10.3. The van der Waals surface area contributed by atoms with Crippen LogP contribution >= 0.6 is 27.5 Å². The highest BCUT2D eigenvalue weighted by molar-refractivity contribution is 9.10. The van der Waals surface area contributed by atoms with Crippen LogP contribution < -0.4 is 5.32 Å². The second-order valence-electron chi connectivity index (χ2n) is 4.09. The maximum atomic E-state index is 13.3. The third-order valence-corrected chi connectivity index (χ3v) is 3.70. The van der Waals surface area contributed by atoms with Crippen LogP contribution in [0.25, 0.3) is 0 Å². The summed E-state index contributed by atoms with van der Waals surface area (Å²) in [5.41, 5.74) is 1.08. The Balaban J connectivity index is 2.17. The topological polar surface area (TPSA) is 49.3 Å². The molecule has 2 aromatic rings. The van der Waals surface area contributed by atoms with E-state index >= 15 is 0 Å². The number of anilines is 1. The molecule has 0 aliphatic heterocycles. The highest BCUT2D eigenvalue weighted by Crippen LogP contribution is 2.23. The van der Waals surface area contributed by atoms with Gasteiger partial charge in [-0.15, -0.1) is 0 Å². The van der Waals surface area contributed by atoms with Crippen LogP contribution in [-0.4, -0.2) is 11.1 Å². The zero-order chi connectivity index (χ0) is 14.7. The lowest BCUT2D eigenvalue weighted by atomic mass is 10.1. The lowest BCUT2D eigenvalue weighted by Crippen LogP contribution is -2.04. The third-order valence-electron chi connectivity index (χ3n) is 2.69. The van der Waals surface area contributed by atoms with Crippen LogP contribution in [0.15, 0.2) is 40.9 Å². The summed E-state index contributed by atoms with van der Waals surface area (Å²) in [5, 5.41) is 12.5. The van der Waals surface area contributed by atoms with E-state index in [2.05, 4.69) is 21.2 Å². The van der Waals surface area contributed by atoms with Gasteiger partial charge in [0.05, 0.1) is 5.56 Å². The van der Waals surface area contributed by atoms with Crippen LogP contribution in [0, 0.1) is 5.82 Å². The number of aromatic carboxylic acids is 1. The van der Waals surface area contributed by atoms with Crippen LogP contribution in [0.2, 0.25) is 5.02 Å². The van der Waals surface area contributed by atoms with E-state index in [1.54, 1.807) is 12.1 Å². The van der Waals surface area contributed by atoms with E-state index in [0.717, 1.165) is 16.1 Å². The van der Waals surface area contributed by atoms with E-state index in [-0.39, 0.29) is 5.56 Å². The second kappa shape index (κ2) is 6.24. The predicted octanol–water partition coefficient (Wildman–Crippen LogP) is 4.55. The number of hydrogen-bond donors (Lipinski definition) is 2. The van der Waals surface area contributed by atoms with Gasteiger partial charge in [0.15, 0.2) is 0 Å². The van der Waals surface area contributed by atoms with E-state index in [0.29, 0.717) is 17.3 Å². The fourth-order valence-corrected chi connectivity index (χ4v) is 2.26. The van der Waals surface area contributed by atoms with Gasteiger partial charge in [-0.3, -0.25) is 0 Å².